The molecule has 2 aliphatic rings. The van der Waals surface area contributed by atoms with Crippen molar-refractivity contribution in [1.29, 1.82) is 0 Å². The third kappa shape index (κ3) is 4.17. The molecular weight excluding hydrogens is 364 g/mol. The van der Waals surface area contributed by atoms with Crippen LogP contribution >= 0.6 is 0 Å². The first-order valence-corrected chi connectivity index (χ1v) is 10.3. The molecule has 0 unspecified atom stereocenters. The Morgan fingerprint density at radius 1 is 0.966 bits per heavy atom. The van der Waals surface area contributed by atoms with Gasteiger partial charge < -0.3 is 9.47 Å². The van der Waals surface area contributed by atoms with E-state index >= 15 is 0 Å². The summed E-state index contributed by atoms with van der Waals surface area (Å²) in [4.78, 5) is 25.0. The summed E-state index contributed by atoms with van der Waals surface area (Å²) >= 11 is 0. The lowest BCUT2D eigenvalue weighted by Gasteiger charge is -2.41. The lowest BCUT2D eigenvalue weighted by Crippen LogP contribution is -2.31. The number of hydrogen-bond acceptors (Lipinski definition) is 4. The Morgan fingerprint density at radius 3 is 1.97 bits per heavy atom. The first kappa shape index (κ1) is 21.4. The van der Waals surface area contributed by atoms with Crippen molar-refractivity contribution >= 4 is 11.9 Å². The van der Waals surface area contributed by atoms with Gasteiger partial charge in [-0.15, -0.1) is 0 Å². The van der Waals surface area contributed by atoms with Crippen LogP contribution in [0, 0.1) is 16.2 Å². The molecule has 0 saturated heterocycles. The zero-order chi connectivity index (χ0) is 21.4. The third-order valence-electron chi connectivity index (χ3n) is 6.63. The van der Waals surface area contributed by atoms with Gasteiger partial charge in [-0.2, -0.15) is 0 Å². The highest BCUT2D eigenvalue weighted by Crippen LogP contribution is 2.59. The summed E-state index contributed by atoms with van der Waals surface area (Å²) < 4.78 is 10.7. The van der Waals surface area contributed by atoms with E-state index in [9.17, 15) is 9.59 Å². The summed E-state index contributed by atoms with van der Waals surface area (Å²) in [5, 5.41) is 0. The van der Waals surface area contributed by atoms with Crippen molar-refractivity contribution in [2.75, 3.05) is 6.61 Å². The standard InChI is InChI=1S/C25H32O4/c1-7-14-28-21(26)17-8-10-18(11-9-17)29-22(27)25(6)15-19-20(16-25)24(4,5)13-12-23(19,2)3/h7-11H,1,12-16H2,2-6H3. The van der Waals surface area contributed by atoms with Crippen LogP contribution in [0.3, 0.4) is 0 Å². The summed E-state index contributed by atoms with van der Waals surface area (Å²) in [7, 11) is 0. The van der Waals surface area contributed by atoms with Crippen molar-refractivity contribution in [3.63, 3.8) is 0 Å². The molecule has 4 nitrogen and oxygen atoms in total. The van der Waals surface area contributed by atoms with Gasteiger partial charge in [0.2, 0.25) is 0 Å². The SMILES string of the molecule is C=CCOC(=O)c1ccc(OC(=O)C2(C)CC3=C(C2)C(C)(C)CCC3(C)C)cc1. The minimum absolute atomic E-state index is 0.135. The van der Waals surface area contributed by atoms with E-state index in [1.54, 1.807) is 24.3 Å². The lowest BCUT2D eigenvalue weighted by atomic mass is 9.64. The number of allylic oxidation sites excluding steroid dienone is 2. The molecular formula is C25H32O4. The fraction of sp³-hybridized carbons (Fsp3) is 0.520. The second-order valence-electron chi connectivity index (χ2n) is 9.94. The molecule has 0 heterocycles. The van der Waals surface area contributed by atoms with E-state index in [-0.39, 0.29) is 23.4 Å². The highest BCUT2D eigenvalue weighted by Gasteiger charge is 2.51. The van der Waals surface area contributed by atoms with Gasteiger partial charge >= 0.3 is 11.9 Å². The lowest BCUT2D eigenvalue weighted by molar-refractivity contribution is -0.144. The Morgan fingerprint density at radius 2 is 1.48 bits per heavy atom. The minimum Gasteiger partial charge on any atom is -0.458 e. The third-order valence-corrected chi connectivity index (χ3v) is 6.63. The molecule has 156 valence electrons. The Labute approximate surface area is 174 Å². The van der Waals surface area contributed by atoms with E-state index in [0.29, 0.717) is 11.3 Å². The molecule has 0 aliphatic heterocycles. The molecule has 0 bridgehead atoms. The number of ether oxygens (including phenoxy) is 2. The van der Waals surface area contributed by atoms with Crippen molar-refractivity contribution in [3.8, 4) is 5.75 Å². The quantitative estimate of drug-likeness (QED) is 0.354. The van der Waals surface area contributed by atoms with Crippen molar-refractivity contribution in [1.82, 2.24) is 0 Å². The average molecular weight is 397 g/mol. The zero-order valence-electron chi connectivity index (χ0n) is 18.3. The Hall–Kier alpha value is -2.36. The van der Waals surface area contributed by atoms with E-state index in [4.69, 9.17) is 9.47 Å². The first-order valence-electron chi connectivity index (χ1n) is 10.3. The summed E-state index contributed by atoms with van der Waals surface area (Å²) in [5.74, 6) is -0.188. The molecule has 0 fully saturated rings. The predicted octanol–water partition coefficient (Wildman–Crippen LogP) is 5.88. The average Bonchev–Trinajstić information content (AvgIpc) is 3.06. The Balaban J connectivity index is 1.72. The minimum atomic E-state index is -0.550. The van der Waals surface area contributed by atoms with E-state index in [0.717, 1.165) is 25.7 Å². The van der Waals surface area contributed by atoms with Crippen molar-refractivity contribution < 1.29 is 19.1 Å². The number of hydrogen-bond donors (Lipinski definition) is 0. The van der Waals surface area contributed by atoms with Crippen LogP contribution in [-0.2, 0) is 9.53 Å². The van der Waals surface area contributed by atoms with Crippen molar-refractivity contribution in [2.45, 2.75) is 60.3 Å². The molecule has 2 aliphatic carbocycles. The van der Waals surface area contributed by atoms with Gasteiger partial charge in [0.15, 0.2) is 0 Å². The van der Waals surface area contributed by atoms with Crippen molar-refractivity contribution in [3.05, 3.63) is 53.6 Å². The second-order valence-corrected chi connectivity index (χ2v) is 9.94. The zero-order valence-corrected chi connectivity index (χ0v) is 18.3. The van der Waals surface area contributed by atoms with Crippen LogP contribution in [0.5, 0.6) is 5.75 Å². The summed E-state index contributed by atoms with van der Waals surface area (Å²) in [6.45, 7) is 14.9. The first-order chi connectivity index (χ1) is 13.5. The normalized spacial score (nSPS) is 21.3. The van der Waals surface area contributed by atoms with Gasteiger partial charge in [-0.1, -0.05) is 51.5 Å². The van der Waals surface area contributed by atoms with Gasteiger partial charge in [0.1, 0.15) is 12.4 Å². The van der Waals surface area contributed by atoms with Gasteiger partial charge in [-0.05, 0) is 67.7 Å². The maximum atomic E-state index is 13.1. The van der Waals surface area contributed by atoms with Crippen LogP contribution in [0.25, 0.3) is 0 Å². The molecule has 0 radical (unpaired) electrons. The van der Waals surface area contributed by atoms with E-state index < -0.39 is 11.4 Å². The fourth-order valence-corrected chi connectivity index (χ4v) is 4.53. The largest absolute Gasteiger partial charge is 0.458 e. The van der Waals surface area contributed by atoms with Crippen LogP contribution in [0.15, 0.2) is 48.1 Å². The number of rotatable bonds is 5. The van der Waals surface area contributed by atoms with E-state index in [1.165, 1.54) is 17.2 Å². The smallest absolute Gasteiger partial charge is 0.338 e. The summed E-state index contributed by atoms with van der Waals surface area (Å²) in [6, 6.07) is 6.50. The van der Waals surface area contributed by atoms with E-state index in [2.05, 4.69) is 34.3 Å². The monoisotopic (exact) mass is 396 g/mol. The maximum absolute atomic E-state index is 13.1. The number of benzene rings is 1. The molecule has 1 aromatic rings. The van der Waals surface area contributed by atoms with Crippen LogP contribution < -0.4 is 4.74 Å². The summed E-state index contributed by atoms with van der Waals surface area (Å²) in [6.07, 6.45) is 5.32. The molecule has 0 saturated carbocycles. The van der Waals surface area contributed by atoms with Gasteiger partial charge in [0.05, 0.1) is 11.0 Å². The second kappa shape index (κ2) is 7.47. The number of esters is 2. The van der Waals surface area contributed by atoms with Crippen LogP contribution in [0.1, 0.15) is 70.7 Å². The van der Waals surface area contributed by atoms with Crippen LogP contribution in [0.2, 0.25) is 0 Å². The van der Waals surface area contributed by atoms with Crippen molar-refractivity contribution in [2.24, 2.45) is 16.2 Å². The highest BCUT2D eigenvalue weighted by molar-refractivity contribution is 5.89. The predicted molar refractivity (Wildman–Crippen MR) is 114 cm³/mol. The molecule has 0 atom stereocenters. The summed E-state index contributed by atoms with van der Waals surface area (Å²) in [5.41, 5.74) is 3.01. The Kier molecular flexibility index (Phi) is 5.50. The van der Waals surface area contributed by atoms with Crippen LogP contribution in [0.4, 0.5) is 0 Å². The van der Waals surface area contributed by atoms with Gasteiger partial charge in [-0.25, -0.2) is 4.79 Å². The fourth-order valence-electron chi connectivity index (χ4n) is 4.53. The Bertz CT molecular complexity index is 827. The van der Waals surface area contributed by atoms with Gasteiger partial charge in [-0.3, -0.25) is 4.79 Å². The molecule has 0 aromatic heterocycles. The topological polar surface area (TPSA) is 52.6 Å². The molecule has 0 amide bonds. The highest BCUT2D eigenvalue weighted by atomic mass is 16.5. The molecule has 0 spiro atoms. The van der Waals surface area contributed by atoms with E-state index in [1.807, 2.05) is 6.92 Å². The number of carbonyl (C=O) groups is 2. The number of carbonyl (C=O) groups excluding carboxylic acids is 2. The molecule has 1 aromatic carbocycles. The van der Waals surface area contributed by atoms with Gasteiger partial charge in [0, 0.05) is 0 Å². The van der Waals surface area contributed by atoms with Crippen LogP contribution in [-0.4, -0.2) is 18.5 Å². The molecule has 4 heteroatoms. The molecule has 29 heavy (non-hydrogen) atoms. The molecule has 3 rings (SSSR count). The molecule has 0 N–H and O–H groups in total. The maximum Gasteiger partial charge on any atom is 0.338 e. The van der Waals surface area contributed by atoms with Gasteiger partial charge in [0.25, 0.3) is 0 Å².